The molecule has 0 radical (unpaired) electrons. The highest BCUT2D eigenvalue weighted by Crippen LogP contribution is 2.17. The number of hydrazine groups is 1. The van der Waals surface area contributed by atoms with Gasteiger partial charge in [-0.2, -0.15) is 11.3 Å². The molecule has 0 fully saturated rings. The third kappa shape index (κ3) is 2.01. The van der Waals surface area contributed by atoms with Crippen molar-refractivity contribution < 1.29 is 0 Å². The highest BCUT2D eigenvalue weighted by atomic mass is 32.1. The molecule has 0 bridgehead atoms. The number of thiophene rings is 1. The second kappa shape index (κ2) is 4.63. The van der Waals surface area contributed by atoms with Crippen LogP contribution in [0.4, 0.5) is 11.6 Å². The predicted molar refractivity (Wildman–Crippen MR) is 72.4 cm³/mol. The molecule has 3 rings (SSSR count). The average Bonchev–Trinajstić information content (AvgIpc) is 3.06. The van der Waals surface area contributed by atoms with Gasteiger partial charge in [0.2, 0.25) is 0 Å². The lowest BCUT2D eigenvalue weighted by atomic mass is 10.3. The first-order valence-corrected chi connectivity index (χ1v) is 6.36. The van der Waals surface area contributed by atoms with Gasteiger partial charge >= 0.3 is 0 Å². The minimum atomic E-state index is 0.591. The van der Waals surface area contributed by atoms with Crippen LogP contribution in [0.5, 0.6) is 0 Å². The first-order valence-electron chi connectivity index (χ1n) is 5.42. The van der Waals surface area contributed by atoms with E-state index in [0.717, 1.165) is 5.65 Å². The van der Waals surface area contributed by atoms with Gasteiger partial charge in [-0.05, 0) is 22.4 Å². The first kappa shape index (κ1) is 11.0. The fourth-order valence-corrected chi connectivity index (χ4v) is 2.37. The molecule has 0 atom stereocenters. The van der Waals surface area contributed by atoms with Gasteiger partial charge in [-0.25, -0.2) is 15.8 Å². The van der Waals surface area contributed by atoms with Gasteiger partial charge in [0.05, 0.1) is 6.20 Å². The second-order valence-corrected chi connectivity index (χ2v) is 4.54. The van der Waals surface area contributed by atoms with Crippen molar-refractivity contribution in [2.75, 3.05) is 10.7 Å². The van der Waals surface area contributed by atoms with Gasteiger partial charge in [0, 0.05) is 18.9 Å². The van der Waals surface area contributed by atoms with Crippen LogP contribution in [0, 0.1) is 0 Å². The predicted octanol–water partition coefficient (Wildman–Crippen LogP) is 1.69. The van der Waals surface area contributed by atoms with Gasteiger partial charge < -0.3 is 15.1 Å². The molecule has 0 saturated heterocycles. The maximum absolute atomic E-state index is 5.40. The van der Waals surface area contributed by atoms with Crippen molar-refractivity contribution in [3.63, 3.8) is 0 Å². The highest BCUT2D eigenvalue weighted by Gasteiger charge is 2.06. The van der Waals surface area contributed by atoms with Gasteiger partial charge in [0.1, 0.15) is 0 Å². The minimum Gasteiger partial charge on any atom is -0.363 e. The summed E-state index contributed by atoms with van der Waals surface area (Å²) in [6, 6.07) is 2.07. The largest absolute Gasteiger partial charge is 0.363 e. The number of nitrogens with one attached hydrogen (secondary N) is 2. The molecule has 18 heavy (non-hydrogen) atoms. The maximum atomic E-state index is 5.40. The molecule has 6 nitrogen and oxygen atoms in total. The Morgan fingerprint density at radius 3 is 3.17 bits per heavy atom. The molecule has 92 valence electrons. The molecule has 4 N–H and O–H groups in total. The summed E-state index contributed by atoms with van der Waals surface area (Å²) in [4.78, 5) is 8.63. The quantitative estimate of drug-likeness (QED) is 0.491. The number of nitrogens with zero attached hydrogens (tertiary/aromatic N) is 3. The Morgan fingerprint density at radius 1 is 1.44 bits per heavy atom. The molecule has 0 aliphatic rings. The maximum Gasteiger partial charge on any atom is 0.180 e. The SMILES string of the molecule is NNc1cn2ccnc2c(NCc2ccsc2)n1. The molecule has 0 aromatic carbocycles. The van der Waals surface area contributed by atoms with Crippen molar-refractivity contribution in [2.45, 2.75) is 6.54 Å². The lowest BCUT2D eigenvalue weighted by Crippen LogP contribution is -2.11. The lowest BCUT2D eigenvalue weighted by molar-refractivity contribution is 1.06. The van der Waals surface area contributed by atoms with Gasteiger partial charge in [-0.3, -0.25) is 0 Å². The van der Waals surface area contributed by atoms with Crippen molar-refractivity contribution in [3.8, 4) is 0 Å². The average molecular weight is 260 g/mol. The van der Waals surface area contributed by atoms with E-state index in [2.05, 4.69) is 32.2 Å². The molecule has 0 amide bonds. The van der Waals surface area contributed by atoms with E-state index >= 15 is 0 Å². The molecular formula is C11H12N6S. The Kier molecular flexibility index (Phi) is 2.83. The number of fused-ring (bicyclic) bond motifs is 1. The van der Waals surface area contributed by atoms with E-state index in [9.17, 15) is 0 Å². The van der Waals surface area contributed by atoms with Crippen LogP contribution in [0.15, 0.2) is 35.4 Å². The number of nitrogen functional groups attached to an aromatic ring is 1. The summed E-state index contributed by atoms with van der Waals surface area (Å²) >= 11 is 1.67. The smallest absolute Gasteiger partial charge is 0.180 e. The Balaban J connectivity index is 1.92. The number of imidazole rings is 1. The summed E-state index contributed by atoms with van der Waals surface area (Å²) in [5, 5.41) is 7.41. The zero-order valence-electron chi connectivity index (χ0n) is 9.50. The van der Waals surface area contributed by atoms with E-state index in [1.54, 1.807) is 23.7 Å². The number of hydrogen-bond donors (Lipinski definition) is 3. The van der Waals surface area contributed by atoms with E-state index in [0.29, 0.717) is 18.2 Å². The summed E-state index contributed by atoms with van der Waals surface area (Å²) in [6.45, 7) is 0.715. The summed E-state index contributed by atoms with van der Waals surface area (Å²) in [6.07, 6.45) is 5.37. The molecule has 3 heterocycles. The van der Waals surface area contributed by atoms with E-state index in [1.165, 1.54) is 5.56 Å². The zero-order valence-corrected chi connectivity index (χ0v) is 10.3. The Hall–Kier alpha value is -2.12. The fraction of sp³-hybridized carbons (Fsp3) is 0.0909. The number of aromatic nitrogens is 3. The van der Waals surface area contributed by atoms with Crippen molar-refractivity contribution in [1.82, 2.24) is 14.4 Å². The molecule has 3 aromatic rings. The third-order valence-electron chi connectivity index (χ3n) is 2.56. The summed E-state index contributed by atoms with van der Waals surface area (Å²) < 4.78 is 1.87. The minimum absolute atomic E-state index is 0.591. The van der Waals surface area contributed by atoms with Crippen LogP contribution in [-0.2, 0) is 6.54 Å². The van der Waals surface area contributed by atoms with Gasteiger partial charge in [0.25, 0.3) is 0 Å². The third-order valence-corrected chi connectivity index (χ3v) is 3.29. The first-order chi connectivity index (χ1) is 8.86. The normalized spacial score (nSPS) is 10.7. The van der Waals surface area contributed by atoms with Gasteiger partial charge in [0.15, 0.2) is 17.3 Å². The molecule has 3 aromatic heterocycles. The number of hydrogen-bond acceptors (Lipinski definition) is 6. The van der Waals surface area contributed by atoms with E-state index < -0.39 is 0 Å². The van der Waals surface area contributed by atoms with Crippen molar-refractivity contribution in [3.05, 3.63) is 41.0 Å². The van der Waals surface area contributed by atoms with Gasteiger partial charge in [-0.15, -0.1) is 0 Å². The lowest BCUT2D eigenvalue weighted by Gasteiger charge is -2.08. The van der Waals surface area contributed by atoms with Crippen molar-refractivity contribution in [2.24, 2.45) is 5.84 Å². The van der Waals surface area contributed by atoms with Crippen molar-refractivity contribution >= 4 is 28.6 Å². The van der Waals surface area contributed by atoms with Crippen LogP contribution in [0.2, 0.25) is 0 Å². The van der Waals surface area contributed by atoms with Gasteiger partial charge in [-0.1, -0.05) is 0 Å². The topological polar surface area (TPSA) is 80.3 Å². The Bertz CT molecular complexity index is 645. The number of nitrogens with two attached hydrogens (primary N) is 1. The number of rotatable bonds is 4. The molecule has 7 heteroatoms. The molecule has 0 saturated carbocycles. The van der Waals surface area contributed by atoms with E-state index in [1.807, 2.05) is 16.0 Å². The van der Waals surface area contributed by atoms with Crippen LogP contribution in [0.3, 0.4) is 0 Å². The van der Waals surface area contributed by atoms with E-state index in [-0.39, 0.29) is 0 Å². The van der Waals surface area contributed by atoms with Crippen LogP contribution < -0.4 is 16.6 Å². The number of anilines is 2. The van der Waals surface area contributed by atoms with E-state index in [4.69, 9.17) is 5.84 Å². The summed E-state index contributed by atoms with van der Waals surface area (Å²) in [7, 11) is 0. The zero-order chi connectivity index (χ0) is 12.4. The molecule has 0 spiro atoms. The standard InChI is InChI=1S/C11H12N6S/c12-16-9-6-17-3-2-13-11(17)10(15-9)14-5-8-1-4-18-7-8/h1-4,6-7,16H,5,12H2,(H,14,15). The molecule has 0 aliphatic heterocycles. The molecule has 0 aliphatic carbocycles. The monoisotopic (exact) mass is 260 g/mol. The molecular weight excluding hydrogens is 248 g/mol. The Morgan fingerprint density at radius 2 is 2.39 bits per heavy atom. The van der Waals surface area contributed by atoms with Crippen molar-refractivity contribution in [1.29, 1.82) is 0 Å². The fourth-order valence-electron chi connectivity index (χ4n) is 1.70. The second-order valence-electron chi connectivity index (χ2n) is 3.76. The van der Waals surface area contributed by atoms with Crippen LogP contribution in [0.25, 0.3) is 5.65 Å². The summed E-state index contributed by atoms with van der Waals surface area (Å²) in [5.41, 5.74) is 4.55. The summed E-state index contributed by atoms with van der Waals surface area (Å²) in [5.74, 6) is 6.70. The van der Waals surface area contributed by atoms with Crippen LogP contribution in [0.1, 0.15) is 5.56 Å². The molecule has 0 unspecified atom stereocenters. The van der Waals surface area contributed by atoms with Crippen LogP contribution >= 0.6 is 11.3 Å². The highest BCUT2D eigenvalue weighted by molar-refractivity contribution is 7.07. The van der Waals surface area contributed by atoms with Crippen LogP contribution in [-0.4, -0.2) is 14.4 Å². The Labute approximate surface area is 107 Å².